The smallest absolute Gasteiger partial charge is 0.178 e. The number of para-hydroxylation sites is 1. The first-order valence-electron chi connectivity index (χ1n) is 9.78. The van der Waals surface area contributed by atoms with Gasteiger partial charge in [0.2, 0.25) is 0 Å². The molecule has 154 valence electrons. The standard InChI is InChI=1S/C21H26N4O3S/c1-14-19(15(2)25(23-14)16-8-9-29(27,28)13-16)11-24(3)12-21(26)18-10-22-20-7-5-4-6-17(18)20/h4-7,10,16,22H,8-9,11-13H2,1-3H3/t16-/m0/s1. The minimum absolute atomic E-state index is 0.0644. The number of rotatable bonds is 6. The molecule has 7 nitrogen and oxygen atoms in total. The van der Waals surface area contributed by atoms with Gasteiger partial charge >= 0.3 is 0 Å². The Bertz CT molecular complexity index is 1180. The molecule has 3 heterocycles. The van der Waals surface area contributed by atoms with Gasteiger partial charge in [-0.25, -0.2) is 8.42 Å². The van der Waals surface area contributed by atoms with Crippen molar-refractivity contribution < 1.29 is 13.2 Å². The highest BCUT2D eigenvalue weighted by molar-refractivity contribution is 7.91. The van der Waals surface area contributed by atoms with Gasteiger partial charge in [0.1, 0.15) is 0 Å². The summed E-state index contributed by atoms with van der Waals surface area (Å²) in [7, 11) is -1.05. The Balaban J connectivity index is 1.48. The van der Waals surface area contributed by atoms with E-state index in [-0.39, 0.29) is 23.3 Å². The first-order valence-corrected chi connectivity index (χ1v) is 11.6. The van der Waals surface area contributed by atoms with Crippen LogP contribution in [0, 0.1) is 13.8 Å². The van der Waals surface area contributed by atoms with Gasteiger partial charge < -0.3 is 4.98 Å². The van der Waals surface area contributed by atoms with E-state index in [1.807, 2.05) is 54.7 Å². The van der Waals surface area contributed by atoms with Gasteiger partial charge in [-0.05, 0) is 33.4 Å². The predicted molar refractivity (Wildman–Crippen MR) is 113 cm³/mol. The number of fused-ring (bicyclic) bond motifs is 1. The van der Waals surface area contributed by atoms with Crippen molar-refractivity contribution in [1.29, 1.82) is 0 Å². The van der Waals surface area contributed by atoms with Crippen LogP contribution in [0.3, 0.4) is 0 Å². The van der Waals surface area contributed by atoms with Gasteiger partial charge in [0, 0.05) is 40.5 Å². The van der Waals surface area contributed by atoms with Gasteiger partial charge in [0.05, 0.1) is 29.8 Å². The van der Waals surface area contributed by atoms with Crippen molar-refractivity contribution in [1.82, 2.24) is 19.7 Å². The molecule has 1 N–H and O–H groups in total. The Labute approximate surface area is 170 Å². The highest BCUT2D eigenvalue weighted by atomic mass is 32.2. The number of benzene rings is 1. The molecular weight excluding hydrogens is 388 g/mol. The quantitative estimate of drug-likeness (QED) is 0.627. The molecule has 2 aromatic heterocycles. The molecule has 1 atom stereocenters. The molecule has 29 heavy (non-hydrogen) atoms. The molecule has 0 aliphatic carbocycles. The first-order chi connectivity index (χ1) is 13.7. The number of aromatic amines is 1. The van der Waals surface area contributed by atoms with Crippen LogP contribution in [-0.4, -0.2) is 59.0 Å². The zero-order valence-corrected chi connectivity index (χ0v) is 17.8. The van der Waals surface area contributed by atoms with Crippen LogP contribution in [0.1, 0.15) is 39.8 Å². The van der Waals surface area contributed by atoms with E-state index in [2.05, 4.69) is 10.1 Å². The summed E-state index contributed by atoms with van der Waals surface area (Å²) < 4.78 is 25.5. The van der Waals surface area contributed by atoms with E-state index in [0.717, 1.165) is 27.9 Å². The van der Waals surface area contributed by atoms with Gasteiger partial charge in [-0.2, -0.15) is 5.10 Å². The number of carbonyl (C=O) groups excluding carboxylic acids is 1. The fourth-order valence-corrected chi connectivity index (χ4v) is 5.90. The van der Waals surface area contributed by atoms with Crippen molar-refractivity contribution >= 4 is 26.5 Å². The van der Waals surface area contributed by atoms with E-state index in [0.29, 0.717) is 25.1 Å². The van der Waals surface area contributed by atoms with Crippen LogP contribution in [0.25, 0.3) is 10.9 Å². The van der Waals surface area contributed by atoms with E-state index in [4.69, 9.17) is 0 Å². The van der Waals surface area contributed by atoms with E-state index in [9.17, 15) is 13.2 Å². The molecule has 3 aromatic rings. The normalized spacial score (nSPS) is 18.7. The van der Waals surface area contributed by atoms with Crippen LogP contribution in [0.15, 0.2) is 30.5 Å². The highest BCUT2D eigenvalue weighted by Gasteiger charge is 2.31. The number of carbonyl (C=O) groups is 1. The third-order valence-corrected chi connectivity index (χ3v) is 7.51. The highest BCUT2D eigenvalue weighted by Crippen LogP contribution is 2.27. The Hall–Kier alpha value is -2.45. The minimum Gasteiger partial charge on any atom is -0.360 e. The number of Topliss-reactive ketones (excluding diaryl/α,β-unsaturated/α-hetero) is 1. The zero-order valence-electron chi connectivity index (χ0n) is 17.0. The van der Waals surface area contributed by atoms with Crippen LogP contribution < -0.4 is 0 Å². The summed E-state index contributed by atoms with van der Waals surface area (Å²) in [5.41, 5.74) is 4.59. The van der Waals surface area contributed by atoms with Gasteiger partial charge in [-0.1, -0.05) is 18.2 Å². The second kappa shape index (κ2) is 7.42. The van der Waals surface area contributed by atoms with E-state index in [1.165, 1.54) is 0 Å². The molecule has 1 aliphatic rings. The number of hydrogen-bond donors (Lipinski definition) is 1. The molecule has 0 spiro atoms. The van der Waals surface area contributed by atoms with Crippen molar-refractivity contribution in [3.63, 3.8) is 0 Å². The van der Waals surface area contributed by atoms with Gasteiger partial charge in [0.25, 0.3) is 0 Å². The minimum atomic E-state index is -2.96. The lowest BCUT2D eigenvalue weighted by molar-refractivity contribution is 0.0944. The Morgan fingerprint density at radius 1 is 1.31 bits per heavy atom. The lowest BCUT2D eigenvalue weighted by Crippen LogP contribution is -2.26. The van der Waals surface area contributed by atoms with Crippen LogP contribution >= 0.6 is 0 Å². The number of nitrogens with one attached hydrogen (secondary N) is 1. The molecule has 0 saturated carbocycles. The topological polar surface area (TPSA) is 88.1 Å². The van der Waals surface area contributed by atoms with Gasteiger partial charge in [-0.3, -0.25) is 14.4 Å². The van der Waals surface area contributed by atoms with Crippen LogP contribution in [-0.2, 0) is 16.4 Å². The summed E-state index contributed by atoms with van der Waals surface area (Å²) >= 11 is 0. The second-order valence-electron chi connectivity index (χ2n) is 7.99. The molecule has 4 rings (SSSR count). The lowest BCUT2D eigenvalue weighted by Gasteiger charge is -2.17. The number of ketones is 1. The maximum atomic E-state index is 12.8. The van der Waals surface area contributed by atoms with E-state index >= 15 is 0 Å². The molecule has 0 bridgehead atoms. The molecule has 0 amide bonds. The van der Waals surface area contributed by atoms with Crippen LogP contribution in [0.5, 0.6) is 0 Å². The molecule has 1 fully saturated rings. The van der Waals surface area contributed by atoms with Crippen LogP contribution in [0.4, 0.5) is 0 Å². The lowest BCUT2D eigenvalue weighted by atomic mass is 10.1. The number of sulfone groups is 1. The van der Waals surface area contributed by atoms with Crippen molar-refractivity contribution in [2.24, 2.45) is 0 Å². The molecule has 1 aliphatic heterocycles. The average Bonchev–Trinajstić information content (AvgIpc) is 3.33. The summed E-state index contributed by atoms with van der Waals surface area (Å²) in [5.74, 6) is 0.447. The average molecular weight is 415 g/mol. The summed E-state index contributed by atoms with van der Waals surface area (Å²) in [6.45, 7) is 4.81. The van der Waals surface area contributed by atoms with Crippen molar-refractivity contribution in [2.75, 3.05) is 25.1 Å². The van der Waals surface area contributed by atoms with E-state index < -0.39 is 9.84 Å². The molecular formula is C21H26N4O3S. The number of likely N-dealkylation sites (N-methyl/N-ethyl adjacent to an activating group) is 1. The molecule has 0 unspecified atom stereocenters. The molecule has 0 radical (unpaired) electrons. The van der Waals surface area contributed by atoms with Gasteiger partial charge in [-0.15, -0.1) is 0 Å². The number of nitrogens with zero attached hydrogens (tertiary/aromatic N) is 3. The zero-order chi connectivity index (χ0) is 20.8. The monoisotopic (exact) mass is 414 g/mol. The Morgan fingerprint density at radius 2 is 2.07 bits per heavy atom. The number of aromatic nitrogens is 3. The molecule has 8 heteroatoms. The van der Waals surface area contributed by atoms with Crippen molar-refractivity contribution in [3.8, 4) is 0 Å². The summed E-state index contributed by atoms with van der Waals surface area (Å²) in [6, 6.07) is 7.69. The van der Waals surface area contributed by atoms with Gasteiger partial charge in [0.15, 0.2) is 15.6 Å². The fourth-order valence-electron chi connectivity index (χ4n) is 4.21. The number of aryl methyl sites for hydroxylation is 1. The molecule has 1 saturated heterocycles. The number of hydrogen-bond acceptors (Lipinski definition) is 5. The summed E-state index contributed by atoms with van der Waals surface area (Å²) in [6.07, 6.45) is 2.38. The first kappa shape index (κ1) is 19.8. The largest absolute Gasteiger partial charge is 0.360 e. The summed E-state index contributed by atoms with van der Waals surface area (Å²) in [5, 5.41) is 5.55. The maximum absolute atomic E-state index is 12.8. The fraction of sp³-hybridized carbons (Fsp3) is 0.429. The Kier molecular flexibility index (Phi) is 5.08. The summed E-state index contributed by atoms with van der Waals surface area (Å²) in [4.78, 5) is 18.0. The third kappa shape index (κ3) is 3.86. The van der Waals surface area contributed by atoms with Crippen molar-refractivity contribution in [3.05, 3.63) is 53.0 Å². The van der Waals surface area contributed by atoms with E-state index in [1.54, 1.807) is 6.20 Å². The van der Waals surface area contributed by atoms with Crippen molar-refractivity contribution in [2.45, 2.75) is 32.9 Å². The maximum Gasteiger partial charge on any atom is 0.178 e. The third-order valence-electron chi connectivity index (χ3n) is 5.76. The molecule has 1 aromatic carbocycles. The SMILES string of the molecule is Cc1nn([C@H]2CCS(=O)(=O)C2)c(C)c1CN(C)CC(=O)c1c[nH]c2ccccc12. The number of H-pyrrole nitrogens is 1. The Morgan fingerprint density at radius 3 is 2.79 bits per heavy atom. The van der Waals surface area contributed by atoms with Crippen LogP contribution in [0.2, 0.25) is 0 Å². The second-order valence-corrected chi connectivity index (χ2v) is 10.2. The predicted octanol–water partition coefficient (Wildman–Crippen LogP) is 2.66.